The van der Waals surface area contributed by atoms with Crippen LogP contribution in [0.2, 0.25) is 0 Å². The molecule has 3 aromatic rings. The van der Waals surface area contributed by atoms with E-state index in [1.807, 2.05) is 18.2 Å². The number of fused-ring (bicyclic) bond motifs is 1. The number of aromatic nitrogens is 5. The topological polar surface area (TPSA) is 88.5 Å². The maximum Gasteiger partial charge on any atom is 0.278 e. The van der Waals surface area contributed by atoms with Gasteiger partial charge in [0.25, 0.3) is 5.56 Å². The van der Waals surface area contributed by atoms with Crippen LogP contribution in [0, 0.1) is 0 Å². The first kappa shape index (κ1) is 11.4. The van der Waals surface area contributed by atoms with Crippen LogP contribution in [-0.4, -0.2) is 24.7 Å². The van der Waals surface area contributed by atoms with Crippen molar-refractivity contribution in [1.29, 1.82) is 0 Å². The van der Waals surface area contributed by atoms with E-state index in [9.17, 15) is 4.79 Å². The SMILES string of the molecule is Cn1ncc2nc(NCc3ccccn3)[nH]c(=O)c21. The van der Waals surface area contributed by atoms with Crippen molar-refractivity contribution in [3.05, 3.63) is 46.6 Å². The summed E-state index contributed by atoms with van der Waals surface area (Å²) in [6.07, 6.45) is 3.29. The Bertz CT molecular complexity index is 761. The minimum atomic E-state index is -0.214. The Morgan fingerprint density at radius 2 is 2.32 bits per heavy atom. The molecule has 7 heteroatoms. The summed E-state index contributed by atoms with van der Waals surface area (Å²) in [6, 6.07) is 5.66. The van der Waals surface area contributed by atoms with Crippen LogP contribution in [0.25, 0.3) is 11.0 Å². The second kappa shape index (κ2) is 4.52. The summed E-state index contributed by atoms with van der Waals surface area (Å²) >= 11 is 0. The van der Waals surface area contributed by atoms with Crippen LogP contribution in [0.4, 0.5) is 5.95 Å². The van der Waals surface area contributed by atoms with Crippen LogP contribution >= 0.6 is 0 Å². The number of hydrogen-bond donors (Lipinski definition) is 2. The molecule has 2 N–H and O–H groups in total. The maximum absolute atomic E-state index is 11.9. The molecule has 0 aliphatic heterocycles. The van der Waals surface area contributed by atoms with E-state index in [0.717, 1.165) is 5.69 Å². The Balaban J connectivity index is 1.88. The Morgan fingerprint density at radius 1 is 1.42 bits per heavy atom. The molecule has 0 aliphatic carbocycles. The molecule has 0 bridgehead atoms. The zero-order chi connectivity index (χ0) is 13.2. The molecule has 0 aliphatic rings. The number of nitrogens with zero attached hydrogens (tertiary/aromatic N) is 4. The average Bonchev–Trinajstić information content (AvgIpc) is 2.80. The molecule has 0 radical (unpaired) electrons. The Hall–Kier alpha value is -2.70. The van der Waals surface area contributed by atoms with Gasteiger partial charge in [-0.05, 0) is 12.1 Å². The summed E-state index contributed by atoms with van der Waals surface area (Å²) in [7, 11) is 1.71. The summed E-state index contributed by atoms with van der Waals surface area (Å²) in [6.45, 7) is 0.496. The molecule has 7 nitrogen and oxygen atoms in total. The van der Waals surface area contributed by atoms with Gasteiger partial charge in [0, 0.05) is 13.2 Å². The fraction of sp³-hybridized carbons (Fsp3) is 0.167. The fourth-order valence-electron chi connectivity index (χ4n) is 1.85. The Kier molecular flexibility index (Phi) is 2.71. The molecular weight excluding hydrogens is 244 g/mol. The zero-order valence-electron chi connectivity index (χ0n) is 10.3. The summed E-state index contributed by atoms with van der Waals surface area (Å²) in [4.78, 5) is 23.0. The van der Waals surface area contributed by atoms with E-state index >= 15 is 0 Å². The molecule has 96 valence electrons. The highest BCUT2D eigenvalue weighted by atomic mass is 16.1. The minimum absolute atomic E-state index is 0.214. The first-order valence-electron chi connectivity index (χ1n) is 5.80. The molecule has 19 heavy (non-hydrogen) atoms. The number of pyridine rings is 1. The highest BCUT2D eigenvalue weighted by Gasteiger charge is 2.07. The molecule has 3 aromatic heterocycles. The highest BCUT2D eigenvalue weighted by molar-refractivity contribution is 5.73. The smallest absolute Gasteiger partial charge is 0.278 e. The largest absolute Gasteiger partial charge is 0.350 e. The summed E-state index contributed by atoms with van der Waals surface area (Å²) in [5.74, 6) is 0.413. The van der Waals surface area contributed by atoms with Crippen molar-refractivity contribution in [2.45, 2.75) is 6.54 Å². The lowest BCUT2D eigenvalue weighted by Gasteiger charge is -2.04. The van der Waals surface area contributed by atoms with E-state index in [1.165, 1.54) is 4.68 Å². The van der Waals surface area contributed by atoms with Gasteiger partial charge < -0.3 is 5.32 Å². The summed E-state index contributed by atoms with van der Waals surface area (Å²) < 4.78 is 1.50. The van der Waals surface area contributed by atoms with Crippen LogP contribution in [0.15, 0.2) is 35.4 Å². The standard InChI is InChI=1S/C12H12N6O/c1-18-10-9(7-15-18)16-12(17-11(10)19)14-6-8-4-2-3-5-13-8/h2-5,7H,6H2,1H3,(H2,14,16,17,19). The van der Waals surface area contributed by atoms with Gasteiger partial charge in [-0.3, -0.25) is 19.4 Å². The van der Waals surface area contributed by atoms with Crippen molar-refractivity contribution < 1.29 is 0 Å². The van der Waals surface area contributed by atoms with Gasteiger partial charge in [-0.15, -0.1) is 0 Å². The monoisotopic (exact) mass is 256 g/mol. The van der Waals surface area contributed by atoms with Gasteiger partial charge in [0.05, 0.1) is 18.4 Å². The summed E-state index contributed by atoms with van der Waals surface area (Å²) in [5, 5.41) is 7.05. The molecule has 0 unspecified atom stereocenters. The second-order valence-electron chi connectivity index (χ2n) is 4.09. The number of hydrogen-bond acceptors (Lipinski definition) is 5. The number of aryl methyl sites for hydroxylation is 1. The van der Waals surface area contributed by atoms with Crippen molar-refractivity contribution in [2.24, 2.45) is 7.05 Å². The van der Waals surface area contributed by atoms with Crippen molar-refractivity contribution >= 4 is 17.0 Å². The van der Waals surface area contributed by atoms with Gasteiger partial charge in [0.1, 0.15) is 5.52 Å². The molecule has 0 aromatic carbocycles. The van der Waals surface area contributed by atoms with Crippen molar-refractivity contribution in [2.75, 3.05) is 5.32 Å². The first-order valence-corrected chi connectivity index (χ1v) is 5.80. The van der Waals surface area contributed by atoms with Crippen LogP contribution in [-0.2, 0) is 13.6 Å². The number of H-pyrrole nitrogens is 1. The molecule has 0 saturated heterocycles. The first-order chi connectivity index (χ1) is 9.24. The lowest BCUT2D eigenvalue weighted by Crippen LogP contribution is -2.15. The molecule has 0 spiro atoms. The Morgan fingerprint density at radius 3 is 3.11 bits per heavy atom. The van der Waals surface area contributed by atoms with Gasteiger partial charge >= 0.3 is 0 Å². The van der Waals surface area contributed by atoms with Gasteiger partial charge in [-0.1, -0.05) is 6.07 Å². The molecule has 0 amide bonds. The normalized spacial score (nSPS) is 10.8. The van der Waals surface area contributed by atoms with E-state index in [2.05, 4.69) is 25.4 Å². The van der Waals surface area contributed by atoms with E-state index in [-0.39, 0.29) is 5.56 Å². The zero-order valence-corrected chi connectivity index (χ0v) is 10.3. The molecule has 0 saturated carbocycles. The lowest BCUT2D eigenvalue weighted by molar-refractivity contribution is 0.792. The third-order valence-corrected chi connectivity index (χ3v) is 2.76. The molecule has 0 atom stereocenters. The van der Waals surface area contributed by atoms with Crippen LogP contribution in [0.5, 0.6) is 0 Å². The van der Waals surface area contributed by atoms with Crippen molar-refractivity contribution in [1.82, 2.24) is 24.7 Å². The van der Waals surface area contributed by atoms with Gasteiger partial charge in [0.2, 0.25) is 5.95 Å². The third kappa shape index (κ3) is 2.17. The molecular formula is C12H12N6O. The predicted molar refractivity (Wildman–Crippen MR) is 70.7 cm³/mol. The number of aromatic amines is 1. The molecule has 3 rings (SSSR count). The van der Waals surface area contributed by atoms with Crippen LogP contribution < -0.4 is 10.9 Å². The lowest BCUT2D eigenvalue weighted by atomic mass is 10.3. The van der Waals surface area contributed by atoms with Crippen molar-refractivity contribution in [3.63, 3.8) is 0 Å². The summed E-state index contributed by atoms with van der Waals surface area (Å²) in [5.41, 5.74) is 1.68. The Labute approximate surface area is 108 Å². The van der Waals surface area contributed by atoms with Gasteiger partial charge in [0.15, 0.2) is 5.52 Å². The van der Waals surface area contributed by atoms with Gasteiger partial charge in [-0.2, -0.15) is 5.10 Å². The fourth-order valence-corrected chi connectivity index (χ4v) is 1.85. The van der Waals surface area contributed by atoms with Gasteiger partial charge in [-0.25, -0.2) is 4.98 Å². The van der Waals surface area contributed by atoms with Crippen LogP contribution in [0.1, 0.15) is 5.69 Å². The minimum Gasteiger partial charge on any atom is -0.350 e. The predicted octanol–water partition coefficient (Wildman–Crippen LogP) is 0.664. The third-order valence-electron chi connectivity index (χ3n) is 2.76. The van der Waals surface area contributed by atoms with Crippen LogP contribution in [0.3, 0.4) is 0 Å². The quantitative estimate of drug-likeness (QED) is 0.718. The number of nitrogens with one attached hydrogen (secondary N) is 2. The number of anilines is 1. The maximum atomic E-state index is 11.9. The molecule has 0 fully saturated rings. The number of rotatable bonds is 3. The van der Waals surface area contributed by atoms with E-state index in [4.69, 9.17) is 0 Å². The van der Waals surface area contributed by atoms with E-state index in [1.54, 1.807) is 19.4 Å². The van der Waals surface area contributed by atoms with E-state index < -0.39 is 0 Å². The van der Waals surface area contributed by atoms with Crippen molar-refractivity contribution in [3.8, 4) is 0 Å². The molecule has 3 heterocycles. The highest BCUT2D eigenvalue weighted by Crippen LogP contribution is 2.07. The average molecular weight is 256 g/mol. The van der Waals surface area contributed by atoms with E-state index in [0.29, 0.717) is 23.5 Å². The second-order valence-corrected chi connectivity index (χ2v) is 4.09.